The number of aliphatic hydroxyl groups excluding tert-OH is 1. The first-order valence-electron chi connectivity index (χ1n) is 7.29. The van der Waals surface area contributed by atoms with Gasteiger partial charge in [0.05, 0.1) is 11.0 Å². The van der Waals surface area contributed by atoms with Crippen LogP contribution in [0.25, 0.3) is 0 Å². The molecule has 2 N–H and O–H groups in total. The molecule has 1 aliphatic carbocycles. The summed E-state index contributed by atoms with van der Waals surface area (Å²) in [5, 5.41) is 18.9. The molecule has 0 radical (unpaired) electrons. The minimum Gasteiger partial charge on any atom is -0.480 e. The van der Waals surface area contributed by atoms with Crippen LogP contribution >= 0.6 is 11.3 Å². The second-order valence-corrected chi connectivity index (χ2v) is 7.24. The summed E-state index contributed by atoms with van der Waals surface area (Å²) in [6, 6.07) is 1.01. The van der Waals surface area contributed by atoms with Crippen molar-refractivity contribution in [3.8, 4) is 0 Å². The van der Waals surface area contributed by atoms with Crippen LogP contribution in [-0.4, -0.2) is 45.7 Å². The number of carboxylic acids is 1. The predicted molar refractivity (Wildman–Crippen MR) is 78.6 cm³/mol. The average Bonchev–Trinajstić information content (AvgIpc) is 3.00. The zero-order chi connectivity index (χ0) is 15.1. The summed E-state index contributed by atoms with van der Waals surface area (Å²) in [6.45, 7) is 2.31. The van der Waals surface area contributed by atoms with Crippen molar-refractivity contribution < 1.29 is 19.8 Å². The van der Waals surface area contributed by atoms with Gasteiger partial charge in [0.25, 0.3) is 5.91 Å². The lowest BCUT2D eigenvalue weighted by molar-refractivity contribution is -0.141. The third-order valence-corrected chi connectivity index (χ3v) is 5.59. The molecule has 3 rings (SSSR count). The number of aliphatic hydroxyl groups is 1. The molecular weight excluding hydrogens is 290 g/mol. The number of β-amino-alcohol motifs (C(OH)–C–C–N with tert-alkyl or cyclic N) is 1. The van der Waals surface area contributed by atoms with Gasteiger partial charge in [-0.3, -0.25) is 4.79 Å². The number of carbonyl (C=O) groups is 2. The van der Waals surface area contributed by atoms with Gasteiger partial charge in [0.2, 0.25) is 0 Å². The van der Waals surface area contributed by atoms with Gasteiger partial charge < -0.3 is 15.1 Å². The molecule has 0 saturated carbocycles. The highest BCUT2D eigenvalue weighted by atomic mass is 32.1. The Kier molecular flexibility index (Phi) is 3.75. The monoisotopic (exact) mass is 309 g/mol. The summed E-state index contributed by atoms with van der Waals surface area (Å²) in [6.07, 6.45) is 2.50. The van der Waals surface area contributed by atoms with Crippen molar-refractivity contribution in [2.75, 3.05) is 6.54 Å². The number of hydrogen-bond acceptors (Lipinski definition) is 4. The van der Waals surface area contributed by atoms with E-state index in [-0.39, 0.29) is 18.9 Å². The van der Waals surface area contributed by atoms with Crippen LogP contribution in [0.4, 0.5) is 0 Å². The zero-order valence-electron chi connectivity index (χ0n) is 11.9. The quantitative estimate of drug-likeness (QED) is 0.868. The van der Waals surface area contributed by atoms with Gasteiger partial charge in [-0.1, -0.05) is 6.92 Å². The van der Waals surface area contributed by atoms with Gasteiger partial charge in [0.15, 0.2) is 0 Å². The van der Waals surface area contributed by atoms with E-state index in [1.165, 1.54) is 26.7 Å². The molecule has 3 atom stereocenters. The molecule has 1 fully saturated rings. The molecule has 5 nitrogen and oxygen atoms in total. The van der Waals surface area contributed by atoms with E-state index in [2.05, 4.69) is 6.92 Å². The number of aliphatic carboxylic acids is 1. The Labute approximate surface area is 127 Å². The van der Waals surface area contributed by atoms with Crippen LogP contribution in [0.15, 0.2) is 6.07 Å². The standard InChI is InChI=1S/C15H19NO4S/c1-8-2-3-12-9(4-8)5-13(21-12)14(18)16-7-10(17)6-11(16)15(19)20/h5,8,10-11,17H,2-4,6-7H2,1H3,(H,19,20)/t8?,10-,11+/m1/s1. The van der Waals surface area contributed by atoms with Gasteiger partial charge in [-0.15, -0.1) is 11.3 Å². The van der Waals surface area contributed by atoms with Crippen molar-refractivity contribution >= 4 is 23.2 Å². The number of rotatable bonds is 2. The Balaban J connectivity index is 1.83. The van der Waals surface area contributed by atoms with Crippen molar-refractivity contribution in [2.24, 2.45) is 5.92 Å². The van der Waals surface area contributed by atoms with Gasteiger partial charge >= 0.3 is 5.97 Å². The summed E-state index contributed by atoms with van der Waals surface area (Å²) in [4.78, 5) is 27.0. The predicted octanol–water partition coefficient (Wildman–Crippen LogP) is 1.53. The van der Waals surface area contributed by atoms with E-state index >= 15 is 0 Å². The maximum Gasteiger partial charge on any atom is 0.326 e. The minimum atomic E-state index is -1.05. The number of nitrogens with zero attached hydrogens (tertiary/aromatic N) is 1. The second-order valence-electron chi connectivity index (χ2n) is 6.11. The van der Waals surface area contributed by atoms with E-state index in [0.717, 1.165) is 19.3 Å². The number of amides is 1. The lowest BCUT2D eigenvalue weighted by Crippen LogP contribution is -2.40. The topological polar surface area (TPSA) is 77.8 Å². The first-order valence-corrected chi connectivity index (χ1v) is 8.10. The number of aryl methyl sites for hydroxylation is 1. The maximum atomic E-state index is 12.6. The molecule has 1 aromatic rings. The Morgan fingerprint density at radius 2 is 2.19 bits per heavy atom. The average molecular weight is 309 g/mol. The smallest absolute Gasteiger partial charge is 0.326 e. The van der Waals surface area contributed by atoms with Gasteiger partial charge in [0, 0.05) is 17.8 Å². The summed E-state index contributed by atoms with van der Waals surface area (Å²) in [7, 11) is 0. The fourth-order valence-electron chi connectivity index (χ4n) is 3.23. The van der Waals surface area contributed by atoms with Crippen LogP contribution in [0.2, 0.25) is 0 Å². The molecule has 1 unspecified atom stereocenters. The first-order chi connectivity index (χ1) is 9.95. The highest BCUT2D eigenvalue weighted by Crippen LogP contribution is 2.33. The molecule has 0 spiro atoms. The fourth-order valence-corrected chi connectivity index (χ4v) is 4.39. The molecule has 2 heterocycles. The Hall–Kier alpha value is -1.40. The second kappa shape index (κ2) is 5.42. The molecule has 2 aliphatic rings. The number of carboxylic acid groups (broad SMARTS) is 1. The number of likely N-dealkylation sites (tertiary alicyclic amines) is 1. The van der Waals surface area contributed by atoms with Gasteiger partial charge in [-0.25, -0.2) is 4.79 Å². The van der Waals surface area contributed by atoms with E-state index in [0.29, 0.717) is 10.8 Å². The van der Waals surface area contributed by atoms with E-state index < -0.39 is 18.1 Å². The maximum absolute atomic E-state index is 12.6. The van der Waals surface area contributed by atoms with Crippen LogP contribution in [0.5, 0.6) is 0 Å². The van der Waals surface area contributed by atoms with Crippen molar-refractivity contribution in [3.63, 3.8) is 0 Å². The zero-order valence-corrected chi connectivity index (χ0v) is 12.7. The Morgan fingerprint density at radius 1 is 1.43 bits per heavy atom. The van der Waals surface area contributed by atoms with Crippen LogP contribution in [0.3, 0.4) is 0 Å². The lowest BCUT2D eigenvalue weighted by Gasteiger charge is -2.20. The van der Waals surface area contributed by atoms with E-state index in [1.54, 1.807) is 0 Å². The van der Waals surface area contributed by atoms with Crippen LogP contribution < -0.4 is 0 Å². The molecule has 1 aliphatic heterocycles. The number of fused-ring (bicyclic) bond motifs is 1. The number of carbonyl (C=O) groups excluding carboxylic acids is 1. The molecule has 6 heteroatoms. The third kappa shape index (κ3) is 2.70. The largest absolute Gasteiger partial charge is 0.480 e. The van der Waals surface area contributed by atoms with E-state index in [9.17, 15) is 19.8 Å². The molecule has 0 aromatic carbocycles. The van der Waals surface area contributed by atoms with Crippen molar-refractivity contribution in [2.45, 2.75) is 44.8 Å². The third-order valence-electron chi connectivity index (χ3n) is 4.36. The van der Waals surface area contributed by atoms with Crippen molar-refractivity contribution in [3.05, 3.63) is 21.4 Å². The first kappa shape index (κ1) is 14.5. The van der Waals surface area contributed by atoms with Gasteiger partial charge in [-0.05, 0) is 36.8 Å². The normalized spacial score (nSPS) is 28.5. The van der Waals surface area contributed by atoms with E-state index in [1.807, 2.05) is 6.07 Å². The van der Waals surface area contributed by atoms with Gasteiger partial charge in [0.1, 0.15) is 6.04 Å². The summed E-state index contributed by atoms with van der Waals surface area (Å²) in [5.74, 6) is -0.670. The molecule has 21 heavy (non-hydrogen) atoms. The summed E-state index contributed by atoms with van der Waals surface area (Å²) < 4.78 is 0. The summed E-state index contributed by atoms with van der Waals surface area (Å²) >= 11 is 1.48. The van der Waals surface area contributed by atoms with Crippen LogP contribution in [0, 0.1) is 5.92 Å². The van der Waals surface area contributed by atoms with E-state index in [4.69, 9.17) is 0 Å². The molecular formula is C15H19NO4S. The fraction of sp³-hybridized carbons (Fsp3) is 0.600. The Morgan fingerprint density at radius 3 is 2.90 bits per heavy atom. The van der Waals surface area contributed by atoms with Crippen molar-refractivity contribution in [1.82, 2.24) is 4.90 Å². The highest BCUT2D eigenvalue weighted by molar-refractivity contribution is 7.14. The van der Waals surface area contributed by atoms with Gasteiger partial charge in [-0.2, -0.15) is 0 Å². The SMILES string of the molecule is CC1CCc2sc(C(=O)N3C[C@H](O)C[C@H]3C(=O)O)cc2C1. The molecule has 1 aromatic heterocycles. The van der Waals surface area contributed by atoms with Crippen LogP contribution in [-0.2, 0) is 17.6 Å². The molecule has 114 valence electrons. The summed E-state index contributed by atoms with van der Waals surface area (Å²) in [5.41, 5.74) is 1.23. The molecule has 0 bridgehead atoms. The highest BCUT2D eigenvalue weighted by Gasteiger charge is 2.40. The lowest BCUT2D eigenvalue weighted by atomic mass is 9.90. The molecule has 1 amide bonds. The molecule has 1 saturated heterocycles. The number of hydrogen-bond donors (Lipinski definition) is 2. The van der Waals surface area contributed by atoms with Crippen molar-refractivity contribution in [1.29, 1.82) is 0 Å². The minimum absolute atomic E-state index is 0.106. The Bertz CT molecular complexity index is 582. The van der Waals surface area contributed by atoms with Crippen LogP contribution in [0.1, 0.15) is 39.9 Å². The number of thiophene rings is 1.